The number of sulfonamides is 1. The van der Waals surface area contributed by atoms with Crippen molar-refractivity contribution in [3.8, 4) is 5.75 Å². The van der Waals surface area contributed by atoms with Crippen LogP contribution in [0.3, 0.4) is 0 Å². The van der Waals surface area contributed by atoms with Crippen LogP contribution < -0.4 is 14.4 Å². The van der Waals surface area contributed by atoms with Crippen LogP contribution in [0.15, 0.2) is 77.7 Å². The van der Waals surface area contributed by atoms with Gasteiger partial charge in [-0.15, -0.1) is 0 Å². The Bertz CT molecular complexity index is 1490. The number of amides is 2. The number of halogens is 4. The van der Waals surface area contributed by atoms with Gasteiger partial charge in [0.2, 0.25) is 11.8 Å². The lowest BCUT2D eigenvalue weighted by atomic mass is 10.1. The van der Waals surface area contributed by atoms with E-state index in [1.54, 1.807) is 37.3 Å². The summed E-state index contributed by atoms with van der Waals surface area (Å²) in [6.45, 7) is 0.683. The lowest BCUT2D eigenvalue weighted by Gasteiger charge is -2.33. The molecule has 1 N–H and O–H groups in total. The Morgan fingerprint density at radius 3 is 2.29 bits per heavy atom. The molecule has 0 aliphatic heterocycles. The Morgan fingerprint density at radius 2 is 1.71 bits per heavy atom. The van der Waals surface area contributed by atoms with Crippen molar-refractivity contribution in [2.24, 2.45) is 0 Å². The fraction of sp³-hybridized carbons (Fsp3) is 0.286. The van der Waals surface area contributed by atoms with Crippen LogP contribution in [-0.4, -0.2) is 51.9 Å². The molecule has 3 aromatic rings. The summed E-state index contributed by atoms with van der Waals surface area (Å²) in [4.78, 5) is 27.6. The van der Waals surface area contributed by atoms with E-state index < -0.39 is 56.9 Å². The topological polar surface area (TPSA) is 96.0 Å². The molecule has 0 saturated carbocycles. The number of carbonyl (C=O) groups is 2. The second-order valence-electron chi connectivity index (χ2n) is 8.90. The average molecular weight is 612 g/mol. The van der Waals surface area contributed by atoms with Crippen molar-refractivity contribution >= 4 is 39.1 Å². The number of nitrogens with zero attached hydrogens (tertiary/aromatic N) is 2. The van der Waals surface area contributed by atoms with Crippen LogP contribution in [0.1, 0.15) is 24.5 Å². The van der Waals surface area contributed by atoms with E-state index in [0.717, 1.165) is 12.1 Å². The van der Waals surface area contributed by atoms with Crippen molar-refractivity contribution in [3.63, 3.8) is 0 Å². The minimum atomic E-state index is -4.88. The minimum Gasteiger partial charge on any atom is -0.497 e. The van der Waals surface area contributed by atoms with Gasteiger partial charge in [-0.25, -0.2) is 8.42 Å². The Balaban J connectivity index is 2.14. The van der Waals surface area contributed by atoms with Crippen LogP contribution >= 0.6 is 11.6 Å². The lowest BCUT2D eigenvalue weighted by molar-refractivity contribution is -0.140. The van der Waals surface area contributed by atoms with Crippen molar-refractivity contribution in [3.05, 3.63) is 88.9 Å². The average Bonchev–Trinajstić information content (AvgIpc) is 2.95. The summed E-state index contributed by atoms with van der Waals surface area (Å²) in [5.41, 5.74) is -1.10. The van der Waals surface area contributed by atoms with Gasteiger partial charge in [-0.05, 0) is 54.4 Å². The number of alkyl halides is 3. The molecule has 0 aliphatic rings. The van der Waals surface area contributed by atoms with Gasteiger partial charge in [0.1, 0.15) is 18.3 Å². The zero-order valence-corrected chi connectivity index (χ0v) is 24.1. The van der Waals surface area contributed by atoms with Gasteiger partial charge in [-0.2, -0.15) is 13.2 Å². The lowest BCUT2D eigenvalue weighted by Crippen LogP contribution is -2.51. The maximum absolute atomic E-state index is 13.9. The number of ether oxygens (including phenoxy) is 1. The molecule has 0 spiro atoms. The largest absolute Gasteiger partial charge is 0.497 e. The Kier molecular flexibility index (Phi) is 10.3. The molecule has 41 heavy (non-hydrogen) atoms. The van der Waals surface area contributed by atoms with Crippen LogP contribution in [0.5, 0.6) is 5.75 Å². The second-order valence-corrected chi connectivity index (χ2v) is 11.2. The predicted octanol–water partition coefficient (Wildman–Crippen LogP) is 5.12. The molecule has 0 fully saturated rings. The van der Waals surface area contributed by atoms with Gasteiger partial charge >= 0.3 is 6.18 Å². The van der Waals surface area contributed by atoms with E-state index in [1.807, 2.05) is 0 Å². The summed E-state index contributed by atoms with van der Waals surface area (Å²) in [7, 11) is -1.68. The molecule has 13 heteroatoms. The Hall–Kier alpha value is -3.77. The molecule has 220 valence electrons. The normalized spacial score (nSPS) is 12.4. The molecule has 1 atom stereocenters. The SMILES string of the molecule is CCC(C(=O)NC)N(Cc1cccc(OC)c1)C(=O)CN(c1ccc(Cl)c(C(F)(F)F)c1)S(=O)(=O)c1ccccc1. The van der Waals surface area contributed by atoms with Gasteiger partial charge in [0.15, 0.2) is 0 Å². The second kappa shape index (κ2) is 13.3. The summed E-state index contributed by atoms with van der Waals surface area (Å²) >= 11 is 5.78. The molecule has 2 amide bonds. The fourth-order valence-electron chi connectivity index (χ4n) is 4.19. The molecule has 8 nitrogen and oxygen atoms in total. The molecule has 3 rings (SSSR count). The quantitative estimate of drug-likeness (QED) is 0.325. The van der Waals surface area contributed by atoms with Crippen LogP contribution in [-0.2, 0) is 32.3 Å². The summed E-state index contributed by atoms with van der Waals surface area (Å²) < 4.78 is 74.4. The van der Waals surface area contributed by atoms with Crippen LogP contribution in [0.25, 0.3) is 0 Å². The number of methoxy groups -OCH3 is 1. The van der Waals surface area contributed by atoms with Crippen molar-refractivity contribution < 1.29 is 35.9 Å². The molecule has 0 bridgehead atoms. The predicted molar refractivity (Wildman–Crippen MR) is 149 cm³/mol. The number of likely N-dealkylation sites (N-methyl/N-ethyl adjacent to an activating group) is 1. The number of rotatable bonds is 11. The first-order valence-corrected chi connectivity index (χ1v) is 14.2. The van der Waals surface area contributed by atoms with Gasteiger partial charge in [0.25, 0.3) is 10.0 Å². The Labute approximate surface area is 241 Å². The third-order valence-electron chi connectivity index (χ3n) is 6.27. The molecule has 0 heterocycles. The first-order valence-electron chi connectivity index (χ1n) is 12.4. The van der Waals surface area contributed by atoms with Crippen molar-refractivity contribution in [1.82, 2.24) is 10.2 Å². The van der Waals surface area contributed by atoms with E-state index >= 15 is 0 Å². The molecule has 0 radical (unpaired) electrons. The van der Waals surface area contributed by atoms with Gasteiger partial charge in [-0.1, -0.05) is 48.9 Å². The highest BCUT2D eigenvalue weighted by Crippen LogP contribution is 2.38. The number of hydrogen-bond donors (Lipinski definition) is 1. The summed E-state index contributed by atoms with van der Waals surface area (Å²) in [6, 6.07) is 15.3. The maximum atomic E-state index is 13.9. The zero-order chi connectivity index (χ0) is 30.4. The van der Waals surface area contributed by atoms with E-state index in [0.29, 0.717) is 21.7 Å². The number of carbonyl (C=O) groups excluding carboxylic acids is 2. The maximum Gasteiger partial charge on any atom is 0.417 e. The molecular formula is C28H29ClF3N3O5S. The van der Waals surface area contributed by atoms with Crippen molar-refractivity contribution in [1.29, 1.82) is 0 Å². The summed E-state index contributed by atoms with van der Waals surface area (Å²) in [6.07, 6.45) is -4.70. The highest BCUT2D eigenvalue weighted by molar-refractivity contribution is 7.92. The Morgan fingerprint density at radius 1 is 1.02 bits per heavy atom. The molecule has 0 saturated heterocycles. The highest BCUT2D eigenvalue weighted by atomic mass is 35.5. The van der Waals surface area contributed by atoms with E-state index in [1.165, 1.54) is 43.3 Å². The van der Waals surface area contributed by atoms with Crippen LogP contribution in [0.2, 0.25) is 5.02 Å². The van der Waals surface area contributed by atoms with Crippen molar-refractivity contribution in [2.75, 3.05) is 25.0 Å². The highest BCUT2D eigenvalue weighted by Gasteiger charge is 2.37. The van der Waals surface area contributed by atoms with Gasteiger partial charge in [0.05, 0.1) is 28.3 Å². The van der Waals surface area contributed by atoms with Crippen molar-refractivity contribution in [2.45, 2.75) is 37.0 Å². The van der Waals surface area contributed by atoms with E-state index in [2.05, 4.69) is 5.32 Å². The monoisotopic (exact) mass is 611 g/mol. The first-order chi connectivity index (χ1) is 19.3. The third kappa shape index (κ3) is 7.50. The van der Waals surface area contributed by atoms with E-state index in [4.69, 9.17) is 16.3 Å². The number of benzene rings is 3. The zero-order valence-electron chi connectivity index (χ0n) is 22.5. The van der Waals surface area contributed by atoms with Crippen LogP contribution in [0, 0.1) is 0 Å². The van der Waals surface area contributed by atoms with Gasteiger partial charge < -0.3 is 15.0 Å². The molecule has 3 aromatic carbocycles. The smallest absolute Gasteiger partial charge is 0.417 e. The van der Waals surface area contributed by atoms with E-state index in [9.17, 15) is 31.2 Å². The number of hydrogen-bond acceptors (Lipinski definition) is 5. The first kappa shape index (κ1) is 31.8. The molecule has 1 unspecified atom stereocenters. The summed E-state index contributed by atoms with van der Waals surface area (Å²) in [5.74, 6) is -0.810. The molecule has 0 aliphatic carbocycles. The fourth-order valence-corrected chi connectivity index (χ4v) is 5.84. The third-order valence-corrected chi connectivity index (χ3v) is 8.39. The van der Waals surface area contributed by atoms with Gasteiger partial charge in [-0.3, -0.25) is 13.9 Å². The van der Waals surface area contributed by atoms with Crippen LogP contribution in [0.4, 0.5) is 18.9 Å². The minimum absolute atomic E-state index is 0.102. The summed E-state index contributed by atoms with van der Waals surface area (Å²) in [5, 5.41) is 1.87. The molecular weight excluding hydrogens is 583 g/mol. The number of anilines is 1. The number of nitrogens with one attached hydrogen (secondary N) is 1. The standard InChI is InChI=1S/C28H29ClF3N3O5S/c1-4-25(27(37)33-2)34(17-19-9-8-10-21(15-19)40-3)26(36)18-35(41(38,39)22-11-6-5-7-12-22)20-13-14-24(29)23(16-20)28(30,31)32/h5-16,25H,4,17-18H2,1-3H3,(H,33,37). The van der Waals surface area contributed by atoms with E-state index in [-0.39, 0.29) is 17.9 Å². The van der Waals surface area contributed by atoms with Gasteiger partial charge in [0, 0.05) is 13.6 Å². The molecule has 0 aromatic heterocycles.